The van der Waals surface area contributed by atoms with Gasteiger partial charge in [0.1, 0.15) is 50.4 Å². The quantitative estimate of drug-likeness (QED) is 0.431. The Bertz CT molecular complexity index is 1100. The molecule has 190 valence electrons. The summed E-state index contributed by atoms with van der Waals surface area (Å²) in [5.74, 6) is 3.11. The Morgan fingerprint density at radius 3 is 2.47 bits per heavy atom. The van der Waals surface area contributed by atoms with Gasteiger partial charge in [-0.15, -0.1) is 0 Å². The van der Waals surface area contributed by atoms with Crippen molar-refractivity contribution in [3.05, 3.63) is 84.4 Å². The minimum absolute atomic E-state index is 0.189. The predicted octanol–water partition coefficient (Wildman–Crippen LogP) is 4.04. The summed E-state index contributed by atoms with van der Waals surface area (Å²) in [5.41, 5.74) is 1.17. The Labute approximate surface area is 212 Å². The average Bonchev–Trinajstić information content (AvgIpc) is 2.90. The van der Waals surface area contributed by atoms with Crippen molar-refractivity contribution in [2.24, 2.45) is 0 Å². The molecule has 2 aliphatic heterocycles. The van der Waals surface area contributed by atoms with Gasteiger partial charge < -0.3 is 33.3 Å². The fourth-order valence-electron chi connectivity index (χ4n) is 4.84. The van der Waals surface area contributed by atoms with Crippen LogP contribution in [0.15, 0.2) is 78.9 Å². The highest BCUT2D eigenvalue weighted by Crippen LogP contribution is 2.31. The summed E-state index contributed by atoms with van der Waals surface area (Å²) in [6.07, 6.45) is -0.783. The number of rotatable bonds is 10. The van der Waals surface area contributed by atoms with Gasteiger partial charge in [0.05, 0.1) is 26.4 Å². The molecule has 2 heterocycles. The lowest BCUT2D eigenvalue weighted by Crippen LogP contribution is -2.58. The molecule has 1 fully saturated rings. The first kappa shape index (κ1) is 24.6. The van der Waals surface area contributed by atoms with E-state index < -0.39 is 6.10 Å². The third-order valence-corrected chi connectivity index (χ3v) is 6.59. The summed E-state index contributed by atoms with van der Waals surface area (Å²) < 4.78 is 30.0. The van der Waals surface area contributed by atoms with Crippen LogP contribution >= 0.6 is 0 Å². The van der Waals surface area contributed by atoms with Crippen LogP contribution in [-0.2, 0) is 16.0 Å². The van der Waals surface area contributed by atoms with E-state index >= 15 is 0 Å². The first-order valence-electron chi connectivity index (χ1n) is 12.6. The van der Waals surface area contributed by atoms with Crippen molar-refractivity contribution in [1.29, 1.82) is 0 Å². The topological polar surface area (TPSA) is 66.4 Å². The van der Waals surface area contributed by atoms with Gasteiger partial charge in [0, 0.05) is 5.56 Å². The van der Waals surface area contributed by atoms with Crippen molar-refractivity contribution in [2.75, 3.05) is 52.7 Å². The maximum absolute atomic E-state index is 10.9. The number of benzene rings is 3. The second kappa shape index (κ2) is 11.8. The number of nitrogens with zero attached hydrogens (tertiary/aromatic N) is 1. The van der Waals surface area contributed by atoms with Gasteiger partial charge in [0.25, 0.3) is 0 Å². The van der Waals surface area contributed by atoms with E-state index in [1.165, 1.54) is 5.56 Å². The van der Waals surface area contributed by atoms with E-state index in [9.17, 15) is 5.11 Å². The predicted molar refractivity (Wildman–Crippen MR) is 136 cm³/mol. The lowest BCUT2D eigenvalue weighted by atomic mass is 10.1. The molecule has 1 N–H and O–H groups in total. The number of ether oxygens (including phenoxy) is 5. The number of hydrogen-bond donors (Lipinski definition) is 1. The second-order valence-electron chi connectivity index (χ2n) is 9.49. The minimum atomic E-state index is -0.594. The van der Waals surface area contributed by atoms with Crippen LogP contribution in [-0.4, -0.2) is 74.5 Å². The summed E-state index contributed by atoms with van der Waals surface area (Å²) >= 11 is 0. The van der Waals surface area contributed by atoms with Gasteiger partial charge in [-0.3, -0.25) is 0 Å². The van der Waals surface area contributed by atoms with Crippen LogP contribution in [0, 0.1) is 0 Å². The zero-order valence-electron chi connectivity index (χ0n) is 20.5. The third-order valence-electron chi connectivity index (χ3n) is 6.59. The molecule has 7 nitrogen and oxygen atoms in total. The van der Waals surface area contributed by atoms with Gasteiger partial charge in [0.2, 0.25) is 0 Å². The molecular weight excluding hydrogens is 458 g/mol. The highest BCUT2D eigenvalue weighted by atomic mass is 16.6. The first-order valence-corrected chi connectivity index (χ1v) is 12.6. The standard InChI is InChI=1S/C29H34NO6/c31-24(20-33-21-27-22-34-28-11-4-5-12-29(28)36-27)19-30(13-15-32-16-14-30)18-23-7-6-10-26(17-23)35-25-8-2-1-3-9-25/h1-12,17,24,27,31H,13-16,18-22H2/q+1/t24-,27+/m1/s1. The molecule has 0 aromatic heterocycles. The maximum Gasteiger partial charge on any atom is 0.161 e. The number of quaternary nitrogens is 1. The average molecular weight is 493 g/mol. The van der Waals surface area contributed by atoms with Crippen LogP contribution in [0.25, 0.3) is 0 Å². The van der Waals surface area contributed by atoms with Crippen molar-refractivity contribution < 1.29 is 33.3 Å². The van der Waals surface area contributed by atoms with E-state index in [0.717, 1.165) is 47.1 Å². The molecular formula is C29H34NO6+. The number of aliphatic hydroxyl groups is 1. The summed E-state index contributed by atoms with van der Waals surface area (Å²) in [4.78, 5) is 0. The molecule has 2 aliphatic rings. The molecule has 1 saturated heterocycles. The molecule has 0 spiro atoms. The van der Waals surface area contributed by atoms with E-state index in [2.05, 4.69) is 12.1 Å². The van der Waals surface area contributed by atoms with Gasteiger partial charge in [-0.25, -0.2) is 0 Å². The molecule has 36 heavy (non-hydrogen) atoms. The molecule has 0 radical (unpaired) electrons. The van der Waals surface area contributed by atoms with Crippen LogP contribution in [0.4, 0.5) is 0 Å². The van der Waals surface area contributed by atoms with Gasteiger partial charge in [-0.1, -0.05) is 42.5 Å². The normalized spacial score (nSPS) is 19.4. The Hall–Kier alpha value is -3.10. The van der Waals surface area contributed by atoms with E-state index in [4.69, 9.17) is 23.7 Å². The van der Waals surface area contributed by atoms with Crippen LogP contribution in [0.2, 0.25) is 0 Å². The minimum Gasteiger partial charge on any atom is -0.486 e. The highest BCUT2D eigenvalue weighted by molar-refractivity contribution is 5.40. The Morgan fingerprint density at radius 2 is 1.64 bits per heavy atom. The van der Waals surface area contributed by atoms with Gasteiger partial charge >= 0.3 is 0 Å². The van der Waals surface area contributed by atoms with E-state index in [-0.39, 0.29) is 12.7 Å². The van der Waals surface area contributed by atoms with Crippen molar-refractivity contribution in [1.82, 2.24) is 0 Å². The summed E-state index contributed by atoms with van der Waals surface area (Å²) in [7, 11) is 0. The van der Waals surface area contributed by atoms with Crippen LogP contribution in [0.5, 0.6) is 23.0 Å². The van der Waals surface area contributed by atoms with Crippen molar-refractivity contribution in [3.8, 4) is 23.0 Å². The van der Waals surface area contributed by atoms with Crippen molar-refractivity contribution >= 4 is 0 Å². The SMILES string of the molecule is O[C@@H](COC[C@H]1COc2ccccc2O1)C[N+]1(Cc2cccc(Oc3ccccc3)c2)CCOCC1. The number of hydrogen-bond acceptors (Lipinski definition) is 6. The maximum atomic E-state index is 10.9. The van der Waals surface area contributed by atoms with Crippen molar-refractivity contribution in [2.45, 2.75) is 18.8 Å². The number of para-hydroxylation sites is 3. The van der Waals surface area contributed by atoms with Crippen LogP contribution in [0.1, 0.15) is 5.56 Å². The lowest BCUT2D eigenvalue weighted by molar-refractivity contribution is -0.950. The fraction of sp³-hybridized carbons (Fsp3) is 0.379. The Balaban J connectivity index is 1.16. The summed E-state index contributed by atoms with van der Waals surface area (Å²) in [6.45, 7) is 5.49. The molecule has 3 aromatic rings. The molecule has 0 bridgehead atoms. The number of morpholine rings is 1. The third kappa shape index (κ3) is 6.56. The molecule has 0 unspecified atom stereocenters. The van der Waals surface area contributed by atoms with E-state index in [0.29, 0.717) is 33.0 Å². The molecule has 0 amide bonds. The zero-order chi connectivity index (χ0) is 24.6. The first-order chi connectivity index (χ1) is 17.7. The van der Waals surface area contributed by atoms with Crippen LogP contribution in [0.3, 0.4) is 0 Å². The molecule has 7 heteroatoms. The highest BCUT2D eigenvalue weighted by Gasteiger charge is 2.33. The largest absolute Gasteiger partial charge is 0.486 e. The van der Waals surface area contributed by atoms with Gasteiger partial charge in [-0.2, -0.15) is 0 Å². The lowest BCUT2D eigenvalue weighted by Gasteiger charge is -2.42. The summed E-state index contributed by atoms with van der Waals surface area (Å²) in [6, 6.07) is 25.6. The Morgan fingerprint density at radius 1 is 0.889 bits per heavy atom. The smallest absolute Gasteiger partial charge is 0.161 e. The van der Waals surface area contributed by atoms with Crippen molar-refractivity contribution in [3.63, 3.8) is 0 Å². The fourth-order valence-corrected chi connectivity index (χ4v) is 4.84. The summed E-state index contributed by atoms with van der Waals surface area (Å²) in [5, 5.41) is 10.9. The van der Waals surface area contributed by atoms with Gasteiger partial charge in [-0.05, 0) is 36.4 Å². The molecule has 3 aromatic carbocycles. The molecule has 5 rings (SSSR count). The number of fused-ring (bicyclic) bond motifs is 1. The van der Waals surface area contributed by atoms with E-state index in [1.807, 2.05) is 66.7 Å². The van der Waals surface area contributed by atoms with Crippen LogP contribution < -0.4 is 14.2 Å². The number of aliphatic hydroxyl groups excluding tert-OH is 1. The van der Waals surface area contributed by atoms with Gasteiger partial charge in [0.15, 0.2) is 17.6 Å². The monoisotopic (exact) mass is 492 g/mol. The molecule has 2 atom stereocenters. The zero-order valence-corrected chi connectivity index (χ0v) is 20.5. The van der Waals surface area contributed by atoms with E-state index in [1.54, 1.807) is 0 Å². The Kier molecular flexibility index (Phi) is 8.03. The molecule has 0 saturated carbocycles. The second-order valence-corrected chi connectivity index (χ2v) is 9.49. The molecule has 0 aliphatic carbocycles.